The monoisotopic (exact) mass is 158 g/mol. The second-order valence-corrected chi connectivity index (χ2v) is 3.19. The van der Waals surface area contributed by atoms with Gasteiger partial charge in [-0.2, -0.15) is 0 Å². The molecular weight excluding hydrogens is 136 g/mol. The second-order valence-electron chi connectivity index (χ2n) is 3.19. The van der Waals surface area contributed by atoms with Crippen molar-refractivity contribution in [2.45, 2.75) is 39.2 Å². The molecule has 0 aliphatic carbocycles. The van der Waals surface area contributed by atoms with Gasteiger partial charge in [0.2, 0.25) is 0 Å². The summed E-state index contributed by atoms with van der Waals surface area (Å²) in [5.74, 6) is 0. The first-order valence-corrected chi connectivity index (χ1v) is 4.62. The molecule has 0 amide bonds. The van der Waals surface area contributed by atoms with Gasteiger partial charge in [-0.25, -0.2) is 0 Å². The molecule has 0 radical (unpaired) electrons. The van der Waals surface area contributed by atoms with Crippen molar-refractivity contribution in [1.29, 1.82) is 0 Å². The van der Waals surface area contributed by atoms with Crippen LogP contribution in [0.5, 0.6) is 0 Å². The van der Waals surface area contributed by atoms with Gasteiger partial charge in [-0.15, -0.1) is 0 Å². The molecule has 11 heavy (non-hydrogen) atoms. The molecule has 0 bridgehead atoms. The van der Waals surface area contributed by atoms with E-state index >= 15 is 0 Å². The topological polar surface area (TPSA) is 29.3 Å². The molecule has 1 fully saturated rings. The van der Waals surface area contributed by atoms with Crippen LogP contribution in [0.2, 0.25) is 0 Å². The molecule has 2 N–H and O–H groups in total. The van der Waals surface area contributed by atoms with Gasteiger partial charge in [0.1, 0.15) is 0 Å². The zero-order valence-electron chi connectivity index (χ0n) is 8.14. The molecule has 1 saturated heterocycles. The number of hydrogen-bond donors (Lipinski definition) is 1. The average molecular weight is 158 g/mol. The van der Waals surface area contributed by atoms with Crippen LogP contribution in [0, 0.1) is 0 Å². The van der Waals surface area contributed by atoms with Gasteiger partial charge in [0.15, 0.2) is 0 Å². The largest absolute Gasteiger partial charge is 0.333 e. The first-order valence-electron chi connectivity index (χ1n) is 4.62. The van der Waals surface area contributed by atoms with E-state index in [0.717, 1.165) is 6.04 Å². The summed E-state index contributed by atoms with van der Waals surface area (Å²) >= 11 is 0. The Labute approximate surface area is 70.8 Å². The van der Waals surface area contributed by atoms with E-state index in [0.29, 0.717) is 0 Å². The van der Waals surface area contributed by atoms with Crippen molar-refractivity contribution in [2.75, 3.05) is 20.1 Å². The quantitative estimate of drug-likeness (QED) is 0.626. The lowest BCUT2D eigenvalue weighted by Gasteiger charge is -2.29. The number of piperidine rings is 1. The molecule has 1 aliphatic rings. The lowest BCUT2D eigenvalue weighted by Crippen LogP contribution is -2.35. The van der Waals surface area contributed by atoms with E-state index in [1.807, 2.05) is 0 Å². The van der Waals surface area contributed by atoms with Crippen LogP contribution < -0.4 is 5.73 Å². The van der Waals surface area contributed by atoms with Gasteiger partial charge in [-0.1, -0.05) is 6.42 Å². The second kappa shape index (κ2) is 6.62. The third-order valence-corrected chi connectivity index (χ3v) is 2.12. The Morgan fingerprint density at radius 3 is 1.73 bits per heavy atom. The van der Waals surface area contributed by atoms with Crippen molar-refractivity contribution in [2.24, 2.45) is 5.73 Å². The number of hydrogen-bond acceptors (Lipinski definition) is 2. The Morgan fingerprint density at radius 2 is 1.45 bits per heavy atom. The van der Waals surface area contributed by atoms with Gasteiger partial charge in [-0.3, -0.25) is 0 Å². The van der Waals surface area contributed by atoms with Gasteiger partial charge < -0.3 is 10.6 Å². The highest BCUT2D eigenvalue weighted by atomic mass is 15.1. The smallest absolute Gasteiger partial charge is 0.00385 e. The molecule has 1 heterocycles. The summed E-state index contributed by atoms with van der Waals surface area (Å²) < 4.78 is 0. The van der Waals surface area contributed by atoms with Gasteiger partial charge in [-0.05, 0) is 46.8 Å². The fourth-order valence-electron chi connectivity index (χ4n) is 1.43. The lowest BCUT2D eigenvalue weighted by atomic mass is 10.1. The summed E-state index contributed by atoms with van der Waals surface area (Å²) in [6.07, 6.45) is 4.28. The van der Waals surface area contributed by atoms with Crippen LogP contribution >= 0.6 is 0 Å². The predicted octanol–water partition coefficient (Wildman–Crippen LogP) is 1.46. The van der Waals surface area contributed by atoms with Crippen LogP contribution in [0.1, 0.15) is 33.1 Å². The maximum Gasteiger partial charge on any atom is 0.00385 e. The van der Waals surface area contributed by atoms with E-state index in [9.17, 15) is 0 Å². The van der Waals surface area contributed by atoms with E-state index < -0.39 is 0 Å². The third-order valence-electron chi connectivity index (χ3n) is 2.12. The third kappa shape index (κ3) is 4.38. The molecule has 0 saturated carbocycles. The summed E-state index contributed by atoms with van der Waals surface area (Å²) in [5, 5.41) is 0. The first kappa shape index (κ1) is 10.9. The molecule has 0 spiro atoms. The molecule has 2 heteroatoms. The number of nitrogens with two attached hydrogens (primary N) is 1. The molecule has 68 valence electrons. The summed E-state index contributed by atoms with van der Waals surface area (Å²) in [5.41, 5.74) is 4.50. The Morgan fingerprint density at radius 1 is 1.00 bits per heavy atom. The Hall–Kier alpha value is -0.0800. The molecule has 0 atom stereocenters. The lowest BCUT2D eigenvalue weighted by molar-refractivity contribution is 0.185. The van der Waals surface area contributed by atoms with Crippen LogP contribution in [0.15, 0.2) is 0 Å². The van der Waals surface area contributed by atoms with Crippen molar-refractivity contribution < 1.29 is 0 Å². The van der Waals surface area contributed by atoms with Crippen molar-refractivity contribution in [1.82, 2.24) is 4.90 Å². The number of likely N-dealkylation sites (tertiary alicyclic amines) is 1. The van der Waals surface area contributed by atoms with Crippen LogP contribution in [-0.2, 0) is 0 Å². The highest BCUT2D eigenvalue weighted by Gasteiger charge is 2.11. The molecule has 1 aliphatic heterocycles. The zero-order chi connectivity index (χ0) is 8.69. The van der Waals surface area contributed by atoms with E-state index in [-0.39, 0.29) is 0 Å². The highest BCUT2D eigenvalue weighted by Crippen LogP contribution is 2.10. The molecule has 2 nitrogen and oxygen atoms in total. The van der Waals surface area contributed by atoms with Gasteiger partial charge >= 0.3 is 0 Å². The minimum absolute atomic E-state index is 0.769. The highest BCUT2D eigenvalue weighted by molar-refractivity contribution is 4.67. The SMILES string of the molecule is CC(C)N1CCCCC1.CN. The molecule has 0 aromatic rings. The van der Waals surface area contributed by atoms with Gasteiger partial charge in [0.05, 0.1) is 0 Å². The average Bonchev–Trinajstić information content (AvgIpc) is 2.10. The molecule has 0 aromatic heterocycles. The molecule has 0 unspecified atom stereocenters. The van der Waals surface area contributed by atoms with Crippen LogP contribution in [0.3, 0.4) is 0 Å². The van der Waals surface area contributed by atoms with Crippen molar-refractivity contribution >= 4 is 0 Å². The maximum atomic E-state index is 4.50. The predicted molar refractivity (Wildman–Crippen MR) is 50.7 cm³/mol. The minimum Gasteiger partial charge on any atom is -0.333 e. The normalized spacial score (nSPS) is 19.4. The Bertz CT molecular complexity index is 75.6. The fourth-order valence-corrected chi connectivity index (χ4v) is 1.43. The number of nitrogens with zero attached hydrogens (tertiary/aromatic N) is 1. The summed E-state index contributed by atoms with van der Waals surface area (Å²) in [6, 6.07) is 0.769. The van der Waals surface area contributed by atoms with Crippen molar-refractivity contribution in [3.63, 3.8) is 0 Å². The minimum atomic E-state index is 0.769. The van der Waals surface area contributed by atoms with Crippen molar-refractivity contribution in [3.05, 3.63) is 0 Å². The molecule has 0 aromatic carbocycles. The van der Waals surface area contributed by atoms with Gasteiger partial charge in [0.25, 0.3) is 0 Å². The van der Waals surface area contributed by atoms with Crippen LogP contribution in [0.25, 0.3) is 0 Å². The summed E-state index contributed by atoms with van der Waals surface area (Å²) in [4.78, 5) is 2.56. The van der Waals surface area contributed by atoms with Gasteiger partial charge in [0, 0.05) is 6.04 Å². The van der Waals surface area contributed by atoms with E-state index in [2.05, 4.69) is 24.5 Å². The Balaban J connectivity index is 0.000000461. The fraction of sp³-hybridized carbons (Fsp3) is 1.00. The standard InChI is InChI=1S/C8H17N.CH5N/c1-8(2)9-6-4-3-5-7-9;1-2/h8H,3-7H2,1-2H3;2H2,1H3. The van der Waals surface area contributed by atoms with E-state index in [1.165, 1.54) is 39.4 Å². The molecule has 1 rings (SSSR count). The van der Waals surface area contributed by atoms with E-state index in [4.69, 9.17) is 0 Å². The summed E-state index contributed by atoms with van der Waals surface area (Å²) in [6.45, 7) is 7.23. The zero-order valence-corrected chi connectivity index (χ0v) is 8.14. The molecular formula is C9H22N2. The summed E-state index contributed by atoms with van der Waals surface area (Å²) in [7, 11) is 1.50. The van der Waals surface area contributed by atoms with Crippen LogP contribution in [-0.4, -0.2) is 31.1 Å². The first-order chi connectivity index (χ1) is 5.30. The van der Waals surface area contributed by atoms with E-state index in [1.54, 1.807) is 0 Å². The van der Waals surface area contributed by atoms with Crippen molar-refractivity contribution in [3.8, 4) is 0 Å². The maximum absolute atomic E-state index is 4.50. The Kier molecular flexibility index (Phi) is 6.57. The number of rotatable bonds is 1. The van der Waals surface area contributed by atoms with Crippen LogP contribution in [0.4, 0.5) is 0 Å².